The molecule has 1 aromatic rings. The van der Waals surface area contributed by atoms with E-state index in [4.69, 9.17) is 18.0 Å². The lowest BCUT2D eigenvalue weighted by molar-refractivity contribution is -0.121. The number of nitrogens with one attached hydrogen (secondary N) is 1. The minimum Gasteiger partial charge on any atom is -0.352 e. The van der Waals surface area contributed by atoms with Crippen molar-refractivity contribution in [1.82, 2.24) is 5.32 Å². The molecular formula is C17H20ClN3O3S. The highest BCUT2D eigenvalue weighted by Crippen LogP contribution is 2.37. The van der Waals surface area contributed by atoms with Gasteiger partial charge in [-0.05, 0) is 23.8 Å². The lowest BCUT2D eigenvalue weighted by Gasteiger charge is -2.10. The van der Waals surface area contributed by atoms with Gasteiger partial charge < -0.3 is 5.32 Å². The van der Waals surface area contributed by atoms with Gasteiger partial charge in [-0.15, -0.1) is 12.3 Å². The Morgan fingerprint density at radius 2 is 2.04 bits per heavy atom. The van der Waals surface area contributed by atoms with Crippen LogP contribution in [0.25, 0.3) is 0 Å². The Kier molecular flexibility index (Phi) is 6.20. The second-order valence-electron chi connectivity index (χ2n) is 5.86. The molecule has 1 amide bonds. The topological polar surface area (TPSA) is 88.0 Å². The number of amides is 1. The molecule has 2 rings (SSSR count). The molecule has 1 heterocycles. The molecule has 0 unspecified atom stereocenters. The summed E-state index contributed by atoms with van der Waals surface area (Å²) in [6, 6.07) is 4.58. The average Bonchev–Trinajstić information content (AvgIpc) is 3.36. The molecular weight excluding hydrogens is 362 g/mol. The van der Waals surface area contributed by atoms with Crippen LogP contribution in [0.5, 0.6) is 0 Å². The van der Waals surface area contributed by atoms with Gasteiger partial charge in [0, 0.05) is 37.3 Å². The molecule has 1 N–H and O–H groups in total. The molecule has 0 spiro atoms. The summed E-state index contributed by atoms with van der Waals surface area (Å²) >= 11 is 5.99. The largest absolute Gasteiger partial charge is 0.352 e. The predicted octanol–water partition coefficient (Wildman–Crippen LogP) is 3.11. The zero-order valence-corrected chi connectivity index (χ0v) is 15.5. The van der Waals surface area contributed by atoms with Crippen molar-refractivity contribution >= 4 is 27.3 Å². The molecule has 134 valence electrons. The number of benzene rings is 1. The van der Waals surface area contributed by atoms with E-state index in [0.29, 0.717) is 29.8 Å². The molecule has 0 radical (unpaired) electrons. The number of terminal acetylenes is 1. The van der Waals surface area contributed by atoms with Crippen molar-refractivity contribution in [1.29, 1.82) is 0 Å². The van der Waals surface area contributed by atoms with Crippen molar-refractivity contribution in [2.24, 2.45) is 10.2 Å². The van der Waals surface area contributed by atoms with E-state index in [9.17, 15) is 13.2 Å². The van der Waals surface area contributed by atoms with Crippen LogP contribution >= 0.6 is 11.6 Å². The summed E-state index contributed by atoms with van der Waals surface area (Å²) in [6.07, 6.45) is 7.26. The third-order valence-corrected chi connectivity index (χ3v) is 5.90. The molecule has 0 fully saturated rings. The quantitative estimate of drug-likeness (QED) is 0.666. The first-order valence-corrected chi connectivity index (χ1v) is 10.00. The van der Waals surface area contributed by atoms with E-state index in [0.717, 1.165) is 0 Å². The summed E-state index contributed by atoms with van der Waals surface area (Å²) in [5, 5.41) is 11.1. The van der Waals surface area contributed by atoms with E-state index < -0.39 is 15.5 Å². The number of nitrogens with zero attached hydrogens (tertiary/aromatic N) is 2. The summed E-state index contributed by atoms with van der Waals surface area (Å²) in [4.78, 5) is 12.2. The molecule has 0 aliphatic carbocycles. The van der Waals surface area contributed by atoms with Crippen molar-refractivity contribution in [2.45, 2.75) is 49.7 Å². The molecule has 1 aromatic carbocycles. The Bertz CT molecular complexity index is 822. The number of hydrogen-bond donors (Lipinski definition) is 1. The molecule has 0 saturated carbocycles. The van der Waals surface area contributed by atoms with Crippen molar-refractivity contribution in [3.8, 4) is 12.3 Å². The maximum atomic E-state index is 12.0. The first-order valence-electron chi connectivity index (χ1n) is 7.97. The van der Waals surface area contributed by atoms with Gasteiger partial charge in [-0.2, -0.15) is 10.2 Å². The van der Waals surface area contributed by atoms with Crippen molar-refractivity contribution in [2.75, 3.05) is 5.75 Å². The highest BCUT2D eigenvalue weighted by atomic mass is 35.5. The Balaban J connectivity index is 1.89. The smallest absolute Gasteiger partial charge is 0.220 e. The maximum absolute atomic E-state index is 12.0. The van der Waals surface area contributed by atoms with E-state index in [1.54, 1.807) is 13.0 Å². The number of sulfone groups is 1. The summed E-state index contributed by atoms with van der Waals surface area (Å²) < 4.78 is 23.9. The third-order valence-electron chi connectivity index (χ3n) is 3.96. The van der Waals surface area contributed by atoms with Crippen LogP contribution in [-0.4, -0.2) is 25.7 Å². The van der Waals surface area contributed by atoms with Gasteiger partial charge >= 0.3 is 0 Å². The second-order valence-corrected chi connectivity index (χ2v) is 8.58. The monoisotopic (exact) mass is 381 g/mol. The summed E-state index contributed by atoms with van der Waals surface area (Å²) in [5.74, 6) is 2.38. The number of halogens is 1. The second kappa shape index (κ2) is 7.98. The minimum atomic E-state index is -3.35. The van der Waals surface area contributed by atoms with Gasteiger partial charge in [0.2, 0.25) is 5.91 Å². The zero-order chi connectivity index (χ0) is 18.5. The van der Waals surface area contributed by atoms with Gasteiger partial charge in [0.1, 0.15) is 0 Å². The summed E-state index contributed by atoms with van der Waals surface area (Å²) in [5.41, 5.74) is 0.151. The van der Waals surface area contributed by atoms with Crippen molar-refractivity contribution < 1.29 is 13.2 Å². The van der Waals surface area contributed by atoms with Crippen LogP contribution < -0.4 is 5.32 Å². The number of hydrogen-bond acceptors (Lipinski definition) is 5. The van der Waals surface area contributed by atoms with Crippen LogP contribution in [-0.2, 0) is 21.2 Å². The summed E-state index contributed by atoms with van der Waals surface area (Å²) in [6.45, 7) is 1.78. The van der Waals surface area contributed by atoms with E-state index >= 15 is 0 Å². The fourth-order valence-electron chi connectivity index (χ4n) is 2.34. The highest BCUT2D eigenvalue weighted by molar-refractivity contribution is 7.91. The molecule has 1 aliphatic heterocycles. The van der Waals surface area contributed by atoms with E-state index in [-0.39, 0.29) is 29.5 Å². The SMILES string of the molecule is C#CCCC1(CCC(=O)NCc2cc(Cl)cc(S(=O)(=O)CC)c2)N=N1. The predicted molar refractivity (Wildman–Crippen MR) is 95.9 cm³/mol. The molecule has 0 atom stereocenters. The van der Waals surface area contributed by atoms with Crippen LogP contribution in [0.2, 0.25) is 5.02 Å². The van der Waals surface area contributed by atoms with Crippen LogP contribution in [0.4, 0.5) is 0 Å². The van der Waals surface area contributed by atoms with Gasteiger partial charge in [0.15, 0.2) is 15.5 Å². The van der Waals surface area contributed by atoms with Gasteiger partial charge in [0.05, 0.1) is 10.6 Å². The fraction of sp³-hybridized carbons (Fsp3) is 0.471. The van der Waals surface area contributed by atoms with Crippen LogP contribution in [0.15, 0.2) is 33.3 Å². The highest BCUT2D eigenvalue weighted by Gasteiger charge is 2.39. The Morgan fingerprint density at radius 1 is 1.32 bits per heavy atom. The molecule has 8 heteroatoms. The zero-order valence-electron chi connectivity index (χ0n) is 14.0. The standard InChI is InChI=1S/C17H20ClN3O3S/c1-3-5-7-17(20-21-17)8-6-16(22)19-12-13-9-14(18)11-15(10-13)25(23,24)4-2/h1,9-11H,4-8,12H2,2H3,(H,19,22). The van der Waals surface area contributed by atoms with Crippen LogP contribution in [0, 0.1) is 12.3 Å². The molecule has 0 bridgehead atoms. The first-order chi connectivity index (χ1) is 11.8. The van der Waals surface area contributed by atoms with Gasteiger partial charge in [0.25, 0.3) is 0 Å². The first kappa shape index (κ1) is 19.4. The van der Waals surface area contributed by atoms with Crippen LogP contribution in [0.3, 0.4) is 0 Å². The molecule has 0 saturated heterocycles. The van der Waals surface area contributed by atoms with Gasteiger partial charge in [-0.1, -0.05) is 18.5 Å². The third kappa shape index (κ3) is 5.55. The number of rotatable bonds is 9. The van der Waals surface area contributed by atoms with Crippen molar-refractivity contribution in [3.63, 3.8) is 0 Å². The number of carbonyl (C=O) groups excluding carboxylic acids is 1. The van der Waals surface area contributed by atoms with E-state index in [1.165, 1.54) is 12.1 Å². The van der Waals surface area contributed by atoms with E-state index in [1.807, 2.05) is 0 Å². The molecule has 0 aromatic heterocycles. The molecule has 6 nitrogen and oxygen atoms in total. The van der Waals surface area contributed by atoms with E-state index in [2.05, 4.69) is 21.5 Å². The minimum absolute atomic E-state index is 0.00805. The molecule has 1 aliphatic rings. The summed E-state index contributed by atoms with van der Waals surface area (Å²) in [7, 11) is -3.35. The molecule has 25 heavy (non-hydrogen) atoms. The maximum Gasteiger partial charge on any atom is 0.220 e. The number of carbonyl (C=O) groups is 1. The van der Waals surface area contributed by atoms with Gasteiger partial charge in [-0.25, -0.2) is 8.42 Å². The van der Waals surface area contributed by atoms with Crippen LogP contribution in [0.1, 0.15) is 38.2 Å². The van der Waals surface area contributed by atoms with Gasteiger partial charge in [-0.3, -0.25) is 4.79 Å². The lowest BCUT2D eigenvalue weighted by Crippen LogP contribution is -2.25. The van der Waals surface area contributed by atoms with Crippen molar-refractivity contribution in [3.05, 3.63) is 28.8 Å². The normalized spacial score (nSPS) is 14.8. The fourth-order valence-corrected chi connectivity index (χ4v) is 3.63. The Morgan fingerprint density at radius 3 is 2.64 bits per heavy atom. The Labute approximate surface area is 153 Å². The Hall–Kier alpha value is -1.91. The average molecular weight is 382 g/mol. The lowest BCUT2D eigenvalue weighted by atomic mass is 10.0.